The van der Waals surface area contributed by atoms with E-state index in [4.69, 9.17) is 8.94 Å². The lowest BCUT2D eigenvalue weighted by Gasteiger charge is -2.31. The molecule has 3 heterocycles. The van der Waals surface area contributed by atoms with Crippen LogP contribution in [0.5, 0.6) is 0 Å². The lowest BCUT2D eigenvalue weighted by atomic mass is 9.97. The van der Waals surface area contributed by atoms with Crippen molar-refractivity contribution >= 4 is 17.9 Å². The van der Waals surface area contributed by atoms with E-state index in [0.29, 0.717) is 36.1 Å². The first kappa shape index (κ1) is 19.6. The summed E-state index contributed by atoms with van der Waals surface area (Å²) in [5, 5.41) is 6.60. The van der Waals surface area contributed by atoms with E-state index in [0.717, 1.165) is 12.8 Å². The van der Waals surface area contributed by atoms with Crippen molar-refractivity contribution in [2.75, 3.05) is 13.1 Å². The Morgan fingerprint density at radius 2 is 2.03 bits per heavy atom. The van der Waals surface area contributed by atoms with Gasteiger partial charge in [0.2, 0.25) is 5.89 Å². The number of hydrogen-bond donors (Lipinski definition) is 1. The van der Waals surface area contributed by atoms with E-state index in [1.165, 1.54) is 6.26 Å². The SMILES string of the molecule is Cc1noc(C2CCCN(C(=O)C(=Cc3ccco3)NC(=O)c3ccccc3)C2)n1. The minimum atomic E-state index is -0.358. The number of nitrogens with zero attached hydrogens (tertiary/aromatic N) is 3. The van der Waals surface area contributed by atoms with Crippen molar-refractivity contribution < 1.29 is 18.5 Å². The first-order valence-electron chi connectivity index (χ1n) is 9.81. The number of nitrogens with one attached hydrogen (secondary N) is 1. The van der Waals surface area contributed by atoms with Gasteiger partial charge in [-0.25, -0.2) is 0 Å². The molecule has 1 fully saturated rings. The molecule has 1 unspecified atom stereocenters. The summed E-state index contributed by atoms with van der Waals surface area (Å²) >= 11 is 0. The van der Waals surface area contributed by atoms with Crippen molar-refractivity contribution in [2.45, 2.75) is 25.7 Å². The van der Waals surface area contributed by atoms with Crippen LogP contribution in [0.25, 0.3) is 6.08 Å². The van der Waals surface area contributed by atoms with Crippen LogP contribution in [0, 0.1) is 6.92 Å². The van der Waals surface area contributed by atoms with E-state index in [-0.39, 0.29) is 23.4 Å². The molecule has 154 valence electrons. The Morgan fingerprint density at radius 3 is 2.73 bits per heavy atom. The van der Waals surface area contributed by atoms with E-state index < -0.39 is 0 Å². The largest absolute Gasteiger partial charge is 0.465 e. The summed E-state index contributed by atoms with van der Waals surface area (Å²) in [4.78, 5) is 32.0. The lowest BCUT2D eigenvalue weighted by molar-refractivity contribution is -0.128. The molecule has 0 radical (unpaired) electrons. The summed E-state index contributed by atoms with van der Waals surface area (Å²) in [7, 11) is 0. The zero-order valence-corrected chi connectivity index (χ0v) is 16.6. The number of rotatable bonds is 5. The highest BCUT2D eigenvalue weighted by atomic mass is 16.5. The van der Waals surface area contributed by atoms with Gasteiger partial charge in [0.15, 0.2) is 5.82 Å². The average Bonchev–Trinajstić information content (AvgIpc) is 3.45. The zero-order valence-electron chi connectivity index (χ0n) is 16.6. The third-order valence-corrected chi connectivity index (χ3v) is 4.95. The first-order chi connectivity index (χ1) is 14.6. The molecule has 3 aromatic rings. The summed E-state index contributed by atoms with van der Waals surface area (Å²) in [6.07, 6.45) is 4.73. The van der Waals surface area contributed by atoms with Gasteiger partial charge in [-0.1, -0.05) is 23.4 Å². The van der Waals surface area contributed by atoms with Crippen LogP contribution in [0.4, 0.5) is 0 Å². The number of hydrogen-bond acceptors (Lipinski definition) is 6. The topological polar surface area (TPSA) is 101 Å². The van der Waals surface area contributed by atoms with Crippen molar-refractivity contribution in [3.8, 4) is 0 Å². The number of carbonyl (C=O) groups excluding carboxylic acids is 2. The van der Waals surface area contributed by atoms with Gasteiger partial charge in [-0.2, -0.15) is 4.98 Å². The molecule has 1 saturated heterocycles. The van der Waals surface area contributed by atoms with Crippen LogP contribution < -0.4 is 5.32 Å². The van der Waals surface area contributed by atoms with Gasteiger partial charge in [-0.15, -0.1) is 0 Å². The molecule has 8 nitrogen and oxygen atoms in total. The number of piperidine rings is 1. The van der Waals surface area contributed by atoms with Gasteiger partial charge in [-0.3, -0.25) is 9.59 Å². The molecule has 0 aliphatic carbocycles. The normalized spacial score (nSPS) is 17.0. The second kappa shape index (κ2) is 8.77. The maximum atomic E-state index is 13.3. The van der Waals surface area contributed by atoms with Gasteiger partial charge >= 0.3 is 0 Å². The van der Waals surface area contributed by atoms with Gasteiger partial charge < -0.3 is 19.2 Å². The molecule has 1 N–H and O–H groups in total. The number of aryl methyl sites for hydroxylation is 1. The number of aromatic nitrogens is 2. The van der Waals surface area contributed by atoms with Crippen LogP contribution in [0.15, 0.2) is 63.4 Å². The highest BCUT2D eigenvalue weighted by Crippen LogP contribution is 2.26. The van der Waals surface area contributed by atoms with Crippen molar-refractivity contribution in [1.29, 1.82) is 0 Å². The molecule has 8 heteroatoms. The van der Waals surface area contributed by atoms with E-state index in [1.54, 1.807) is 54.3 Å². The second-order valence-corrected chi connectivity index (χ2v) is 7.16. The molecule has 2 aromatic heterocycles. The Balaban J connectivity index is 1.55. The monoisotopic (exact) mass is 406 g/mol. The molecule has 2 amide bonds. The van der Waals surface area contributed by atoms with Crippen LogP contribution in [0.1, 0.15) is 46.6 Å². The van der Waals surface area contributed by atoms with Gasteiger partial charge in [0, 0.05) is 24.7 Å². The molecule has 4 rings (SSSR count). The third-order valence-electron chi connectivity index (χ3n) is 4.95. The predicted octanol–water partition coefficient (Wildman–Crippen LogP) is 3.15. The Bertz CT molecular complexity index is 1040. The van der Waals surface area contributed by atoms with Crippen molar-refractivity contribution in [3.05, 3.63) is 77.5 Å². The molecule has 1 aliphatic rings. The maximum absolute atomic E-state index is 13.3. The summed E-state index contributed by atoms with van der Waals surface area (Å²) < 4.78 is 10.7. The smallest absolute Gasteiger partial charge is 0.270 e. The molecular weight excluding hydrogens is 384 g/mol. The Labute approximate surface area is 173 Å². The van der Waals surface area contributed by atoms with E-state index in [2.05, 4.69) is 15.5 Å². The minimum Gasteiger partial charge on any atom is -0.465 e. The highest BCUT2D eigenvalue weighted by molar-refractivity contribution is 6.05. The quantitative estimate of drug-likeness (QED) is 0.653. The molecule has 0 saturated carbocycles. The van der Waals surface area contributed by atoms with E-state index in [1.807, 2.05) is 6.07 Å². The first-order valence-corrected chi connectivity index (χ1v) is 9.81. The summed E-state index contributed by atoms with van der Waals surface area (Å²) in [6, 6.07) is 12.2. The second-order valence-electron chi connectivity index (χ2n) is 7.16. The van der Waals surface area contributed by atoms with Crippen LogP contribution in [0.3, 0.4) is 0 Å². The number of furan rings is 1. The van der Waals surface area contributed by atoms with E-state index >= 15 is 0 Å². The number of carbonyl (C=O) groups is 2. The minimum absolute atomic E-state index is 0.0291. The Hall–Kier alpha value is -3.68. The molecule has 0 bridgehead atoms. The molecule has 1 atom stereocenters. The Morgan fingerprint density at radius 1 is 1.20 bits per heavy atom. The van der Waals surface area contributed by atoms with Crippen LogP contribution in [0.2, 0.25) is 0 Å². The van der Waals surface area contributed by atoms with Crippen molar-refractivity contribution in [2.24, 2.45) is 0 Å². The predicted molar refractivity (Wildman–Crippen MR) is 108 cm³/mol. The number of amides is 2. The van der Waals surface area contributed by atoms with Crippen LogP contribution in [-0.2, 0) is 4.79 Å². The summed E-state index contributed by atoms with van der Waals surface area (Å²) in [5.74, 6) is 0.919. The van der Waals surface area contributed by atoms with Crippen LogP contribution in [-0.4, -0.2) is 39.9 Å². The van der Waals surface area contributed by atoms with Gasteiger partial charge in [0.1, 0.15) is 11.5 Å². The standard InChI is InChI=1S/C22H22N4O4/c1-15-23-21(30-25-15)17-9-5-11-26(14-17)22(28)19(13-18-10-6-12-29-18)24-20(27)16-7-3-2-4-8-16/h2-4,6-8,10,12-13,17H,5,9,11,14H2,1H3,(H,24,27). The van der Waals surface area contributed by atoms with Gasteiger partial charge in [0.05, 0.1) is 12.2 Å². The fraction of sp³-hybridized carbons (Fsp3) is 0.273. The third kappa shape index (κ3) is 4.48. The number of benzene rings is 1. The van der Waals surface area contributed by atoms with Crippen LogP contribution >= 0.6 is 0 Å². The van der Waals surface area contributed by atoms with Gasteiger partial charge in [-0.05, 0) is 44.0 Å². The summed E-state index contributed by atoms with van der Waals surface area (Å²) in [5.41, 5.74) is 0.620. The molecule has 1 aliphatic heterocycles. The summed E-state index contributed by atoms with van der Waals surface area (Å²) in [6.45, 7) is 2.79. The van der Waals surface area contributed by atoms with Crippen molar-refractivity contribution in [3.63, 3.8) is 0 Å². The number of likely N-dealkylation sites (tertiary alicyclic amines) is 1. The fourth-order valence-electron chi connectivity index (χ4n) is 3.46. The highest BCUT2D eigenvalue weighted by Gasteiger charge is 2.30. The molecule has 0 spiro atoms. The molecule has 1 aromatic carbocycles. The molecule has 30 heavy (non-hydrogen) atoms. The van der Waals surface area contributed by atoms with Gasteiger partial charge in [0.25, 0.3) is 11.8 Å². The molecular formula is C22H22N4O4. The van der Waals surface area contributed by atoms with E-state index in [9.17, 15) is 9.59 Å². The maximum Gasteiger partial charge on any atom is 0.270 e. The Kier molecular flexibility index (Phi) is 5.74. The fourth-order valence-corrected chi connectivity index (χ4v) is 3.46. The van der Waals surface area contributed by atoms with Crippen molar-refractivity contribution in [1.82, 2.24) is 20.4 Å². The lowest BCUT2D eigenvalue weighted by Crippen LogP contribution is -2.43. The average molecular weight is 406 g/mol. The zero-order chi connectivity index (χ0) is 20.9.